The molecule has 2 aromatic carbocycles. The fraction of sp³-hybridized carbons (Fsp3) is 0. The van der Waals surface area contributed by atoms with Gasteiger partial charge in [0, 0.05) is 18.2 Å². The molecule has 0 amide bonds. The van der Waals surface area contributed by atoms with Gasteiger partial charge in [0.05, 0.1) is 10.5 Å². The zero-order chi connectivity index (χ0) is 19.7. The van der Waals surface area contributed by atoms with Gasteiger partial charge in [-0.25, -0.2) is 4.79 Å². The number of ether oxygens (including phenoxy) is 2. The number of thiophene rings is 1. The number of nitro benzene ring substituents is 1. The fourth-order valence-electron chi connectivity index (χ4n) is 2.66. The third kappa shape index (κ3) is 3.40. The van der Waals surface area contributed by atoms with Crippen LogP contribution in [0.3, 0.4) is 0 Å². The second-order valence-corrected chi connectivity index (χ2v) is 6.76. The largest absolute Gasteiger partial charge is 0.452 e. The number of hydrogen-bond donors (Lipinski definition) is 0. The highest BCUT2D eigenvalue weighted by atomic mass is 32.1. The summed E-state index contributed by atoms with van der Waals surface area (Å²) in [5.41, 5.74) is 0.711. The van der Waals surface area contributed by atoms with Crippen LogP contribution in [0.15, 0.2) is 65.7 Å². The molecular formula is C20H11NO6S. The van der Waals surface area contributed by atoms with Crippen LogP contribution in [0.5, 0.6) is 11.5 Å². The van der Waals surface area contributed by atoms with Gasteiger partial charge in [0.25, 0.3) is 5.69 Å². The number of fused-ring (bicyclic) bond motifs is 1. The summed E-state index contributed by atoms with van der Waals surface area (Å²) in [6.45, 7) is 0. The van der Waals surface area contributed by atoms with E-state index in [-0.39, 0.29) is 28.7 Å². The molecule has 1 aromatic heterocycles. The molecule has 0 N–H and O–H groups in total. The Kier molecular flexibility index (Phi) is 4.46. The Morgan fingerprint density at radius 1 is 1.14 bits per heavy atom. The molecular weight excluding hydrogens is 382 g/mol. The molecule has 7 nitrogen and oxygen atoms in total. The maximum absolute atomic E-state index is 12.5. The van der Waals surface area contributed by atoms with Crippen molar-refractivity contribution in [2.45, 2.75) is 0 Å². The van der Waals surface area contributed by atoms with E-state index in [1.807, 2.05) is 0 Å². The molecule has 3 aromatic rings. The van der Waals surface area contributed by atoms with E-state index >= 15 is 0 Å². The quantitative estimate of drug-likeness (QED) is 0.213. The second-order valence-electron chi connectivity index (χ2n) is 5.82. The van der Waals surface area contributed by atoms with E-state index < -0.39 is 10.9 Å². The number of carbonyl (C=O) groups excluding carboxylic acids is 2. The zero-order valence-corrected chi connectivity index (χ0v) is 15.0. The predicted molar refractivity (Wildman–Crippen MR) is 102 cm³/mol. The van der Waals surface area contributed by atoms with Gasteiger partial charge in [0.1, 0.15) is 16.4 Å². The molecule has 0 saturated carbocycles. The van der Waals surface area contributed by atoms with Crippen molar-refractivity contribution in [3.8, 4) is 11.5 Å². The van der Waals surface area contributed by atoms with Crippen LogP contribution >= 0.6 is 11.3 Å². The lowest BCUT2D eigenvalue weighted by molar-refractivity contribution is -0.384. The van der Waals surface area contributed by atoms with Crippen molar-refractivity contribution in [3.05, 3.63) is 91.9 Å². The van der Waals surface area contributed by atoms with Crippen molar-refractivity contribution in [1.29, 1.82) is 0 Å². The van der Waals surface area contributed by atoms with E-state index in [4.69, 9.17) is 9.47 Å². The van der Waals surface area contributed by atoms with Crippen LogP contribution in [0.2, 0.25) is 0 Å². The first-order chi connectivity index (χ1) is 13.5. The lowest BCUT2D eigenvalue weighted by Gasteiger charge is -2.04. The topological polar surface area (TPSA) is 95.7 Å². The summed E-state index contributed by atoms with van der Waals surface area (Å²) in [6, 6.07) is 13.8. The molecule has 0 fully saturated rings. The minimum Gasteiger partial charge on any atom is -0.452 e. The first-order valence-electron chi connectivity index (χ1n) is 8.10. The summed E-state index contributed by atoms with van der Waals surface area (Å²) in [5.74, 6) is -0.291. The van der Waals surface area contributed by atoms with Crippen molar-refractivity contribution in [2.75, 3.05) is 0 Å². The molecule has 0 saturated heterocycles. The Morgan fingerprint density at radius 3 is 2.75 bits per heavy atom. The van der Waals surface area contributed by atoms with E-state index in [9.17, 15) is 19.7 Å². The van der Waals surface area contributed by atoms with E-state index in [2.05, 4.69) is 0 Å². The maximum Gasteiger partial charge on any atom is 0.353 e. The van der Waals surface area contributed by atoms with Crippen LogP contribution < -0.4 is 9.47 Å². The van der Waals surface area contributed by atoms with Crippen LogP contribution in [-0.4, -0.2) is 16.7 Å². The Morgan fingerprint density at radius 2 is 2.00 bits per heavy atom. The van der Waals surface area contributed by atoms with Crippen molar-refractivity contribution in [3.63, 3.8) is 0 Å². The highest BCUT2D eigenvalue weighted by molar-refractivity contribution is 7.12. The lowest BCUT2D eigenvalue weighted by Crippen LogP contribution is -2.06. The first-order valence-corrected chi connectivity index (χ1v) is 8.98. The number of hydrogen-bond acceptors (Lipinski definition) is 7. The highest BCUT2D eigenvalue weighted by Gasteiger charge is 2.28. The van der Waals surface area contributed by atoms with Gasteiger partial charge in [-0.05, 0) is 35.2 Å². The molecule has 0 aliphatic carbocycles. The van der Waals surface area contributed by atoms with Gasteiger partial charge in [-0.2, -0.15) is 0 Å². The summed E-state index contributed by atoms with van der Waals surface area (Å²) in [6.07, 6.45) is 1.44. The molecule has 0 spiro atoms. The number of esters is 1. The predicted octanol–water partition coefficient (Wildman–Crippen LogP) is 4.49. The highest BCUT2D eigenvalue weighted by Crippen LogP contribution is 2.35. The van der Waals surface area contributed by atoms with Crippen LogP contribution in [-0.2, 0) is 0 Å². The number of rotatable bonds is 4. The normalized spacial score (nSPS) is 13.9. The fourth-order valence-corrected chi connectivity index (χ4v) is 3.26. The minimum absolute atomic E-state index is 0.0391. The minimum atomic E-state index is -0.512. The average molecular weight is 393 g/mol. The summed E-state index contributed by atoms with van der Waals surface area (Å²) in [5, 5.41) is 12.7. The Hall–Kier alpha value is -3.78. The summed E-state index contributed by atoms with van der Waals surface area (Å²) in [7, 11) is 0. The number of benzene rings is 2. The van der Waals surface area contributed by atoms with Crippen LogP contribution in [0.1, 0.15) is 25.6 Å². The molecule has 0 unspecified atom stereocenters. The van der Waals surface area contributed by atoms with E-state index in [1.54, 1.807) is 23.6 Å². The van der Waals surface area contributed by atoms with Crippen molar-refractivity contribution < 1.29 is 24.0 Å². The van der Waals surface area contributed by atoms with Crippen molar-refractivity contribution >= 4 is 34.9 Å². The third-order valence-corrected chi connectivity index (χ3v) is 4.80. The Bertz CT molecular complexity index is 1130. The molecule has 4 rings (SSSR count). The Balaban J connectivity index is 1.57. The molecule has 2 heterocycles. The van der Waals surface area contributed by atoms with Crippen molar-refractivity contribution in [2.24, 2.45) is 0 Å². The molecule has 28 heavy (non-hydrogen) atoms. The molecule has 1 aliphatic rings. The van der Waals surface area contributed by atoms with E-state index in [0.717, 1.165) is 0 Å². The van der Waals surface area contributed by atoms with Crippen molar-refractivity contribution in [1.82, 2.24) is 0 Å². The van der Waals surface area contributed by atoms with Crippen LogP contribution in [0.4, 0.5) is 5.69 Å². The Labute approximate surface area is 162 Å². The van der Waals surface area contributed by atoms with Crippen LogP contribution in [0, 0.1) is 10.1 Å². The molecule has 1 aliphatic heterocycles. The standard InChI is InChI=1S/C20H11NO6S/c22-19-15-7-6-14(26-20(23)18-5-2-8-28-18)11-16(15)27-17(19)10-12-3-1-4-13(9-12)21(24)25/h1-11H. The van der Waals surface area contributed by atoms with Gasteiger partial charge in [0.15, 0.2) is 5.76 Å². The number of nitro groups is 1. The maximum atomic E-state index is 12.5. The average Bonchev–Trinajstić information content (AvgIpc) is 3.31. The SMILES string of the molecule is O=C(Oc1ccc2c(c1)OC(=Cc1cccc([N+](=O)[O-])c1)C2=O)c1cccs1. The van der Waals surface area contributed by atoms with Gasteiger partial charge in [0.2, 0.25) is 5.78 Å². The number of ketones is 1. The van der Waals surface area contributed by atoms with Gasteiger partial charge >= 0.3 is 5.97 Å². The smallest absolute Gasteiger partial charge is 0.353 e. The number of allylic oxidation sites excluding steroid dienone is 1. The lowest BCUT2D eigenvalue weighted by atomic mass is 10.1. The monoisotopic (exact) mass is 393 g/mol. The molecule has 0 atom stereocenters. The molecule has 8 heteroatoms. The van der Waals surface area contributed by atoms with Gasteiger partial charge in [-0.15, -0.1) is 11.3 Å². The second kappa shape index (κ2) is 7.09. The first kappa shape index (κ1) is 17.6. The van der Waals surface area contributed by atoms with E-state index in [0.29, 0.717) is 16.0 Å². The third-order valence-electron chi connectivity index (χ3n) is 3.95. The van der Waals surface area contributed by atoms with E-state index in [1.165, 1.54) is 53.8 Å². The molecule has 0 radical (unpaired) electrons. The van der Waals surface area contributed by atoms with Gasteiger partial charge < -0.3 is 9.47 Å². The zero-order valence-electron chi connectivity index (χ0n) is 14.2. The molecule has 138 valence electrons. The number of Topliss-reactive ketones (excluding diaryl/α,β-unsaturated/α-hetero) is 1. The summed E-state index contributed by atoms with van der Waals surface area (Å²) >= 11 is 1.26. The number of nitrogens with zero attached hydrogens (tertiary/aromatic N) is 1. The summed E-state index contributed by atoms with van der Waals surface area (Å²) in [4.78, 5) is 35.4. The summed E-state index contributed by atoms with van der Waals surface area (Å²) < 4.78 is 10.9. The molecule has 0 bridgehead atoms. The van der Waals surface area contributed by atoms with Gasteiger partial charge in [-0.1, -0.05) is 18.2 Å². The number of non-ortho nitro benzene ring substituents is 1. The van der Waals surface area contributed by atoms with Crippen LogP contribution in [0.25, 0.3) is 6.08 Å². The number of carbonyl (C=O) groups is 2. The van der Waals surface area contributed by atoms with Gasteiger partial charge in [-0.3, -0.25) is 14.9 Å².